The van der Waals surface area contributed by atoms with E-state index in [-0.39, 0.29) is 0 Å². The molecule has 0 aliphatic heterocycles. The van der Waals surface area contributed by atoms with Crippen molar-refractivity contribution in [3.05, 3.63) is 57.6 Å². The van der Waals surface area contributed by atoms with Crippen molar-refractivity contribution in [2.75, 3.05) is 0 Å². The van der Waals surface area contributed by atoms with Crippen LogP contribution in [-0.4, -0.2) is 0 Å². The van der Waals surface area contributed by atoms with E-state index in [0.29, 0.717) is 16.5 Å². The Bertz CT molecular complexity index is 627. The van der Waals surface area contributed by atoms with Gasteiger partial charge in [0.25, 0.3) is 0 Å². The lowest BCUT2D eigenvalue weighted by Crippen LogP contribution is -1.89. The van der Waals surface area contributed by atoms with Gasteiger partial charge in [-0.3, -0.25) is 0 Å². The van der Waals surface area contributed by atoms with Crippen LogP contribution in [0.15, 0.2) is 36.4 Å². The van der Waals surface area contributed by atoms with Crippen LogP contribution < -0.4 is 0 Å². The number of aryl methyl sites for hydroxylation is 1. The molecule has 0 saturated carbocycles. The molecule has 0 aromatic heterocycles. The van der Waals surface area contributed by atoms with Crippen LogP contribution in [0.1, 0.15) is 11.1 Å². The molecule has 0 unspecified atom stereocenters. The van der Waals surface area contributed by atoms with E-state index in [1.807, 2.05) is 37.3 Å². The Morgan fingerprint density at radius 2 is 1.89 bits per heavy atom. The van der Waals surface area contributed by atoms with E-state index in [2.05, 4.69) is 6.07 Å². The minimum atomic E-state index is 0.431. The summed E-state index contributed by atoms with van der Waals surface area (Å²) in [4.78, 5) is 0. The number of hydrogen-bond acceptors (Lipinski definition) is 1. The van der Waals surface area contributed by atoms with Gasteiger partial charge in [-0.1, -0.05) is 47.5 Å². The van der Waals surface area contributed by atoms with Gasteiger partial charge in [0.1, 0.15) is 0 Å². The Hall–Kier alpha value is -1.49. The predicted octanol–water partition coefficient (Wildman–Crippen LogP) is 5.03. The SMILES string of the molecule is Cc1cc(-c2ccc(Cl)cc2Cl)ccc1CC#N. The van der Waals surface area contributed by atoms with Crippen molar-refractivity contribution >= 4 is 23.2 Å². The lowest BCUT2D eigenvalue weighted by Gasteiger charge is -2.08. The van der Waals surface area contributed by atoms with Crippen LogP contribution in [0.4, 0.5) is 0 Å². The highest BCUT2D eigenvalue weighted by Gasteiger charge is 2.06. The predicted molar refractivity (Wildman–Crippen MR) is 76.0 cm³/mol. The molecular formula is C15H11Cl2N. The number of halogens is 2. The van der Waals surface area contributed by atoms with E-state index in [1.165, 1.54) is 0 Å². The molecule has 0 N–H and O–H groups in total. The lowest BCUT2D eigenvalue weighted by molar-refractivity contribution is 1.21. The van der Waals surface area contributed by atoms with Crippen molar-refractivity contribution in [1.82, 2.24) is 0 Å². The van der Waals surface area contributed by atoms with Crippen molar-refractivity contribution in [2.45, 2.75) is 13.3 Å². The van der Waals surface area contributed by atoms with Crippen molar-refractivity contribution in [2.24, 2.45) is 0 Å². The van der Waals surface area contributed by atoms with Crippen LogP contribution in [0.5, 0.6) is 0 Å². The first-order chi connectivity index (χ1) is 8.61. The minimum Gasteiger partial charge on any atom is -0.198 e. The molecule has 0 aliphatic carbocycles. The summed E-state index contributed by atoms with van der Waals surface area (Å²) in [6, 6.07) is 13.6. The van der Waals surface area contributed by atoms with E-state index < -0.39 is 0 Å². The third-order valence-electron chi connectivity index (χ3n) is 2.85. The minimum absolute atomic E-state index is 0.431. The zero-order valence-electron chi connectivity index (χ0n) is 9.87. The summed E-state index contributed by atoms with van der Waals surface area (Å²) < 4.78 is 0. The normalized spacial score (nSPS) is 10.1. The van der Waals surface area contributed by atoms with Gasteiger partial charge in [-0.25, -0.2) is 0 Å². The second-order valence-electron chi connectivity index (χ2n) is 4.10. The van der Waals surface area contributed by atoms with E-state index in [0.717, 1.165) is 22.3 Å². The quantitative estimate of drug-likeness (QED) is 0.754. The average molecular weight is 276 g/mol. The smallest absolute Gasteiger partial charge is 0.0669 e. The van der Waals surface area contributed by atoms with Gasteiger partial charge in [0, 0.05) is 15.6 Å². The van der Waals surface area contributed by atoms with Gasteiger partial charge < -0.3 is 0 Å². The van der Waals surface area contributed by atoms with E-state index in [4.69, 9.17) is 28.5 Å². The Morgan fingerprint density at radius 3 is 2.50 bits per heavy atom. The van der Waals surface area contributed by atoms with Gasteiger partial charge in [0.2, 0.25) is 0 Å². The molecule has 18 heavy (non-hydrogen) atoms. The first-order valence-electron chi connectivity index (χ1n) is 5.53. The maximum atomic E-state index is 8.72. The third-order valence-corrected chi connectivity index (χ3v) is 3.40. The largest absolute Gasteiger partial charge is 0.198 e. The van der Waals surface area contributed by atoms with Gasteiger partial charge in [0.15, 0.2) is 0 Å². The van der Waals surface area contributed by atoms with Gasteiger partial charge in [-0.2, -0.15) is 5.26 Å². The fourth-order valence-electron chi connectivity index (χ4n) is 1.87. The van der Waals surface area contributed by atoms with Crippen molar-refractivity contribution in [3.8, 4) is 17.2 Å². The molecule has 0 heterocycles. The van der Waals surface area contributed by atoms with E-state index in [9.17, 15) is 0 Å². The first kappa shape index (κ1) is 13.0. The molecule has 90 valence electrons. The highest BCUT2D eigenvalue weighted by molar-refractivity contribution is 6.36. The highest BCUT2D eigenvalue weighted by atomic mass is 35.5. The lowest BCUT2D eigenvalue weighted by atomic mass is 9.99. The maximum absolute atomic E-state index is 8.72. The van der Waals surface area contributed by atoms with Crippen LogP contribution in [0.25, 0.3) is 11.1 Å². The van der Waals surface area contributed by atoms with Crippen molar-refractivity contribution in [1.29, 1.82) is 5.26 Å². The summed E-state index contributed by atoms with van der Waals surface area (Å²) in [5, 5.41) is 9.98. The van der Waals surface area contributed by atoms with Crippen LogP contribution in [0.2, 0.25) is 10.0 Å². The summed E-state index contributed by atoms with van der Waals surface area (Å²) in [7, 11) is 0. The molecule has 0 atom stereocenters. The molecule has 0 saturated heterocycles. The van der Waals surface area contributed by atoms with E-state index >= 15 is 0 Å². The number of nitriles is 1. The molecule has 0 bridgehead atoms. The summed E-state index contributed by atoms with van der Waals surface area (Å²) in [5.41, 5.74) is 4.13. The molecule has 0 fully saturated rings. The molecule has 1 nitrogen and oxygen atoms in total. The maximum Gasteiger partial charge on any atom is 0.0669 e. The van der Waals surface area contributed by atoms with Gasteiger partial charge in [-0.05, 0) is 35.7 Å². The Labute approximate surface area is 117 Å². The van der Waals surface area contributed by atoms with Crippen molar-refractivity contribution in [3.63, 3.8) is 0 Å². The fourth-order valence-corrected chi connectivity index (χ4v) is 2.39. The zero-order valence-corrected chi connectivity index (χ0v) is 11.4. The number of hydrogen-bond donors (Lipinski definition) is 0. The second-order valence-corrected chi connectivity index (χ2v) is 4.94. The molecule has 2 rings (SSSR count). The highest BCUT2D eigenvalue weighted by Crippen LogP contribution is 2.31. The molecule has 0 amide bonds. The summed E-state index contributed by atoms with van der Waals surface area (Å²) in [6.45, 7) is 2.00. The molecule has 2 aromatic carbocycles. The van der Waals surface area contributed by atoms with Gasteiger partial charge in [-0.15, -0.1) is 0 Å². The second kappa shape index (κ2) is 5.44. The van der Waals surface area contributed by atoms with E-state index in [1.54, 1.807) is 6.07 Å². The summed E-state index contributed by atoms with van der Waals surface area (Å²) >= 11 is 12.1. The monoisotopic (exact) mass is 275 g/mol. The molecule has 3 heteroatoms. The standard InChI is InChI=1S/C15H11Cl2N/c1-10-8-12(3-2-11(10)6-7-18)14-5-4-13(16)9-15(14)17/h2-5,8-9H,6H2,1H3. The number of benzene rings is 2. The number of rotatable bonds is 2. The van der Waals surface area contributed by atoms with Gasteiger partial charge in [0.05, 0.1) is 12.5 Å². The van der Waals surface area contributed by atoms with Gasteiger partial charge >= 0.3 is 0 Å². The Balaban J connectivity index is 2.46. The van der Waals surface area contributed by atoms with Crippen LogP contribution in [-0.2, 0) is 6.42 Å². The first-order valence-corrected chi connectivity index (χ1v) is 6.29. The molecule has 2 aromatic rings. The Kier molecular flexibility index (Phi) is 3.91. The fraction of sp³-hybridized carbons (Fsp3) is 0.133. The summed E-state index contributed by atoms with van der Waals surface area (Å²) in [6.07, 6.45) is 0.431. The van der Waals surface area contributed by atoms with Crippen LogP contribution in [0.3, 0.4) is 0 Å². The molecular weight excluding hydrogens is 265 g/mol. The molecule has 0 radical (unpaired) electrons. The molecule has 0 spiro atoms. The van der Waals surface area contributed by atoms with Crippen LogP contribution in [0, 0.1) is 18.3 Å². The summed E-state index contributed by atoms with van der Waals surface area (Å²) in [5.74, 6) is 0. The average Bonchev–Trinajstić information content (AvgIpc) is 2.32. The third kappa shape index (κ3) is 2.67. The Morgan fingerprint density at radius 1 is 1.11 bits per heavy atom. The number of nitrogens with zero attached hydrogens (tertiary/aromatic N) is 1. The zero-order chi connectivity index (χ0) is 13.1. The van der Waals surface area contributed by atoms with Crippen molar-refractivity contribution < 1.29 is 0 Å². The molecule has 0 aliphatic rings. The van der Waals surface area contributed by atoms with Crippen LogP contribution >= 0.6 is 23.2 Å². The topological polar surface area (TPSA) is 23.8 Å².